The van der Waals surface area contributed by atoms with Crippen LogP contribution in [0.25, 0.3) is 16.8 Å². The summed E-state index contributed by atoms with van der Waals surface area (Å²) in [5.74, 6) is 1.80. The second-order valence-corrected chi connectivity index (χ2v) is 8.99. The first-order valence-corrected chi connectivity index (χ1v) is 11.9. The highest BCUT2D eigenvalue weighted by Gasteiger charge is 2.31. The Bertz CT molecular complexity index is 1300. The summed E-state index contributed by atoms with van der Waals surface area (Å²) in [6.07, 6.45) is 6.95. The van der Waals surface area contributed by atoms with Crippen LogP contribution in [-0.4, -0.2) is 27.4 Å². The van der Waals surface area contributed by atoms with Gasteiger partial charge in [-0.05, 0) is 43.4 Å². The van der Waals surface area contributed by atoms with E-state index in [1.807, 2.05) is 65.2 Å². The van der Waals surface area contributed by atoms with Crippen molar-refractivity contribution in [2.24, 2.45) is 5.92 Å². The second-order valence-electron chi connectivity index (χ2n) is 8.63. The highest BCUT2D eigenvalue weighted by Crippen LogP contribution is 2.39. The van der Waals surface area contributed by atoms with Gasteiger partial charge < -0.3 is 9.47 Å². The fraction of sp³-hybridized carbons (Fsp3) is 0.296. The Labute approximate surface area is 203 Å². The van der Waals surface area contributed by atoms with Crippen LogP contribution >= 0.6 is 11.6 Å². The zero-order valence-corrected chi connectivity index (χ0v) is 19.7. The van der Waals surface area contributed by atoms with Gasteiger partial charge in [0.1, 0.15) is 23.7 Å². The molecule has 1 saturated carbocycles. The molecule has 5 rings (SSSR count). The minimum atomic E-state index is -0.119. The summed E-state index contributed by atoms with van der Waals surface area (Å²) in [5.41, 5.74) is 3.60. The van der Waals surface area contributed by atoms with Crippen molar-refractivity contribution < 1.29 is 14.3 Å². The number of carbonyl (C=O) groups excluding carboxylic acids is 1. The number of imidazole rings is 1. The molecule has 4 aromatic rings. The molecule has 1 aliphatic rings. The lowest BCUT2D eigenvalue weighted by Gasteiger charge is -2.26. The minimum absolute atomic E-state index is 0.0318. The van der Waals surface area contributed by atoms with Crippen LogP contribution < -0.4 is 4.74 Å². The van der Waals surface area contributed by atoms with Crippen molar-refractivity contribution in [2.45, 2.75) is 38.2 Å². The van der Waals surface area contributed by atoms with Gasteiger partial charge >= 0.3 is 5.97 Å². The standard InChI is InChI=1S/C27H26ClN3O3/c1-33-27(32)20-12-10-19(11-13-20)26-30-23(24-25(28)29-14-15-31(24)26)21-8-5-9-22(16-21)34-17-18-6-3-2-4-7-18/h2-9,14-16,19-20H,10-13,17H2,1H3/t19-,20+. The number of hydrogen-bond acceptors (Lipinski definition) is 5. The molecule has 0 atom stereocenters. The molecule has 34 heavy (non-hydrogen) atoms. The molecular formula is C27H26ClN3O3. The van der Waals surface area contributed by atoms with E-state index < -0.39 is 0 Å². The molecule has 174 valence electrons. The molecule has 0 unspecified atom stereocenters. The molecule has 1 fully saturated rings. The maximum absolute atomic E-state index is 12.0. The first kappa shape index (κ1) is 22.4. The Balaban J connectivity index is 1.45. The molecule has 1 aliphatic carbocycles. The molecule has 0 saturated heterocycles. The van der Waals surface area contributed by atoms with Gasteiger partial charge in [0.25, 0.3) is 0 Å². The van der Waals surface area contributed by atoms with Gasteiger partial charge in [-0.2, -0.15) is 0 Å². The Morgan fingerprint density at radius 3 is 2.65 bits per heavy atom. The number of benzene rings is 2. The predicted molar refractivity (Wildman–Crippen MR) is 131 cm³/mol. The van der Waals surface area contributed by atoms with Gasteiger partial charge in [-0.3, -0.25) is 9.20 Å². The number of hydrogen-bond donors (Lipinski definition) is 0. The van der Waals surface area contributed by atoms with Crippen molar-refractivity contribution in [1.82, 2.24) is 14.4 Å². The molecule has 0 aliphatic heterocycles. The van der Waals surface area contributed by atoms with Gasteiger partial charge in [-0.15, -0.1) is 0 Å². The molecule has 0 spiro atoms. The molecule has 2 heterocycles. The fourth-order valence-corrected chi connectivity index (χ4v) is 4.98. The largest absolute Gasteiger partial charge is 0.489 e. The monoisotopic (exact) mass is 475 g/mol. The van der Waals surface area contributed by atoms with Crippen LogP contribution in [0.3, 0.4) is 0 Å². The highest BCUT2D eigenvalue weighted by molar-refractivity contribution is 6.33. The molecule has 2 aromatic heterocycles. The lowest BCUT2D eigenvalue weighted by atomic mass is 9.81. The van der Waals surface area contributed by atoms with Crippen LogP contribution in [0, 0.1) is 5.92 Å². The third-order valence-corrected chi connectivity index (χ3v) is 6.80. The quantitative estimate of drug-likeness (QED) is 0.316. The maximum Gasteiger partial charge on any atom is 0.308 e. The average molecular weight is 476 g/mol. The van der Waals surface area contributed by atoms with E-state index in [9.17, 15) is 4.79 Å². The number of carbonyl (C=O) groups is 1. The number of fused-ring (bicyclic) bond motifs is 1. The third kappa shape index (κ3) is 4.50. The molecule has 0 bridgehead atoms. The maximum atomic E-state index is 12.0. The van der Waals surface area contributed by atoms with Crippen LogP contribution in [0.1, 0.15) is 43.0 Å². The SMILES string of the molecule is COC(=O)[C@H]1CC[C@@H](c2nc(-c3cccc(OCc4ccccc4)c3)c3c(Cl)nccn32)CC1. The topological polar surface area (TPSA) is 65.7 Å². The van der Waals surface area contributed by atoms with E-state index in [-0.39, 0.29) is 17.8 Å². The zero-order chi connectivity index (χ0) is 23.5. The van der Waals surface area contributed by atoms with E-state index in [2.05, 4.69) is 4.98 Å². The molecule has 0 radical (unpaired) electrons. The van der Waals surface area contributed by atoms with Gasteiger partial charge in [0.2, 0.25) is 0 Å². The van der Waals surface area contributed by atoms with Gasteiger partial charge in [0, 0.05) is 23.9 Å². The Morgan fingerprint density at radius 1 is 1.09 bits per heavy atom. The molecular weight excluding hydrogens is 450 g/mol. The first-order valence-electron chi connectivity index (χ1n) is 11.5. The number of esters is 1. The fourth-order valence-electron chi connectivity index (χ4n) is 4.74. The van der Waals surface area contributed by atoms with E-state index in [1.165, 1.54) is 7.11 Å². The van der Waals surface area contributed by atoms with E-state index in [4.69, 9.17) is 26.1 Å². The van der Waals surface area contributed by atoms with E-state index in [0.717, 1.165) is 59.6 Å². The summed E-state index contributed by atoms with van der Waals surface area (Å²) < 4.78 is 13.0. The van der Waals surface area contributed by atoms with Crippen molar-refractivity contribution >= 4 is 23.1 Å². The lowest BCUT2D eigenvalue weighted by molar-refractivity contribution is -0.146. The minimum Gasteiger partial charge on any atom is -0.489 e. The van der Waals surface area contributed by atoms with Crippen molar-refractivity contribution in [1.29, 1.82) is 0 Å². The zero-order valence-electron chi connectivity index (χ0n) is 19.0. The summed E-state index contributed by atoms with van der Waals surface area (Å²) in [6.45, 7) is 0.491. The summed E-state index contributed by atoms with van der Waals surface area (Å²) in [4.78, 5) is 21.3. The Morgan fingerprint density at radius 2 is 1.88 bits per heavy atom. The number of ether oxygens (including phenoxy) is 2. The summed E-state index contributed by atoms with van der Waals surface area (Å²) in [5, 5.41) is 0.412. The van der Waals surface area contributed by atoms with Crippen LogP contribution in [0.15, 0.2) is 67.0 Å². The summed E-state index contributed by atoms with van der Waals surface area (Å²) in [7, 11) is 1.45. The van der Waals surface area contributed by atoms with E-state index >= 15 is 0 Å². The number of aromatic nitrogens is 3. The number of rotatable bonds is 6. The molecule has 0 amide bonds. The van der Waals surface area contributed by atoms with Crippen LogP contribution in [0.2, 0.25) is 5.15 Å². The van der Waals surface area contributed by atoms with Gasteiger partial charge in [0.05, 0.1) is 18.7 Å². The summed E-state index contributed by atoms with van der Waals surface area (Å²) >= 11 is 6.56. The summed E-state index contributed by atoms with van der Waals surface area (Å²) in [6, 6.07) is 18.0. The molecule has 6 nitrogen and oxygen atoms in total. The molecule has 7 heteroatoms. The van der Waals surface area contributed by atoms with Gasteiger partial charge in [-0.1, -0.05) is 54.1 Å². The average Bonchev–Trinajstić information content (AvgIpc) is 3.29. The highest BCUT2D eigenvalue weighted by atomic mass is 35.5. The first-order chi connectivity index (χ1) is 16.6. The van der Waals surface area contributed by atoms with Gasteiger partial charge in [-0.25, -0.2) is 9.97 Å². The Hall–Kier alpha value is -3.38. The number of nitrogens with zero attached hydrogens (tertiary/aromatic N) is 3. The predicted octanol–water partition coefficient (Wildman–Crippen LogP) is 6.08. The Kier molecular flexibility index (Phi) is 6.50. The number of halogens is 1. The van der Waals surface area contributed by atoms with Crippen LogP contribution in [0.4, 0.5) is 0 Å². The van der Waals surface area contributed by atoms with Gasteiger partial charge in [0.15, 0.2) is 5.15 Å². The van der Waals surface area contributed by atoms with Crippen molar-refractivity contribution in [2.75, 3.05) is 7.11 Å². The number of methoxy groups -OCH3 is 1. The lowest BCUT2D eigenvalue weighted by Crippen LogP contribution is -2.23. The van der Waals surface area contributed by atoms with Crippen molar-refractivity contribution in [3.8, 4) is 17.0 Å². The second kappa shape index (κ2) is 9.85. The van der Waals surface area contributed by atoms with Crippen molar-refractivity contribution in [3.05, 3.63) is 83.5 Å². The van der Waals surface area contributed by atoms with E-state index in [1.54, 1.807) is 6.20 Å². The van der Waals surface area contributed by atoms with Crippen LogP contribution in [0.5, 0.6) is 5.75 Å². The molecule has 0 N–H and O–H groups in total. The third-order valence-electron chi connectivity index (χ3n) is 6.52. The smallest absolute Gasteiger partial charge is 0.308 e. The van der Waals surface area contributed by atoms with E-state index in [0.29, 0.717) is 11.8 Å². The molecule has 2 aromatic carbocycles. The van der Waals surface area contributed by atoms with Crippen molar-refractivity contribution in [3.63, 3.8) is 0 Å². The normalized spacial score (nSPS) is 18.1. The van der Waals surface area contributed by atoms with Crippen LogP contribution in [-0.2, 0) is 16.1 Å².